The van der Waals surface area contributed by atoms with E-state index in [1.54, 1.807) is 6.07 Å². The number of nitrogens with zero attached hydrogens (tertiary/aromatic N) is 1. The number of fused-ring (bicyclic) bond motifs is 1. The van der Waals surface area contributed by atoms with Crippen molar-refractivity contribution in [1.82, 2.24) is 0 Å². The van der Waals surface area contributed by atoms with Gasteiger partial charge in [0.25, 0.3) is 0 Å². The Bertz CT molecular complexity index is 634. The number of ether oxygens (including phenoxy) is 1. The number of para-hydroxylation sites is 2. The maximum absolute atomic E-state index is 12.9. The zero-order valence-corrected chi connectivity index (χ0v) is 12.6. The number of rotatable bonds is 3. The molecule has 1 aliphatic heterocycles. The van der Waals surface area contributed by atoms with Crippen molar-refractivity contribution >= 4 is 17.5 Å². The van der Waals surface area contributed by atoms with Gasteiger partial charge in [0.05, 0.1) is 24.1 Å². The van der Waals surface area contributed by atoms with Gasteiger partial charge in [-0.3, -0.25) is 9.59 Å². The monoisotopic (exact) mass is 297 g/mol. The molecule has 114 valence electrons. The Labute approximate surface area is 129 Å². The van der Waals surface area contributed by atoms with E-state index < -0.39 is 0 Å². The van der Waals surface area contributed by atoms with Crippen molar-refractivity contribution < 1.29 is 14.3 Å². The number of carbonyl (C=O) groups excluding carboxylic acids is 2. The minimum Gasteiger partial charge on any atom is -0.492 e. The molecule has 2 fully saturated rings. The number of hydrogen-bond donors (Lipinski definition) is 0. The van der Waals surface area contributed by atoms with Gasteiger partial charge in [0.2, 0.25) is 11.8 Å². The van der Waals surface area contributed by atoms with E-state index in [9.17, 15) is 9.59 Å². The van der Waals surface area contributed by atoms with Crippen LogP contribution in [0.1, 0.15) is 19.8 Å². The van der Waals surface area contributed by atoms with Crippen LogP contribution in [0.5, 0.6) is 5.75 Å². The molecular weight excluding hydrogens is 278 g/mol. The van der Waals surface area contributed by atoms with Crippen LogP contribution in [0.2, 0.25) is 0 Å². The SMILES string of the molecule is CCOc1ccccc1N1C(=O)[C@@H]2[C@H](C1=O)[C@@H]1C=C[C@H]2CC1. The third-order valence-corrected chi connectivity index (χ3v) is 5.17. The molecule has 2 bridgehead atoms. The van der Waals surface area contributed by atoms with E-state index in [1.165, 1.54) is 4.90 Å². The fourth-order valence-electron chi connectivity index (χ4n) is 4.23. The molecule has 3 aliphatic carbocycles. The number of hydrogen-bond acceptors (Lipinski definition) is 3. The second-order valence-electron chi connectivity index (χ2n) is 6.25. The predicted octanol–water partition coefficient (Wildman–Crippen LogP) is 2.79. The molecule has 2 amide bonds. The first-order valence-electron chi connectivity index (χ1n) is 8.00. The third kappa shape index (κ3) is 1.76. The lowest BCUT2D eigenvalue weighted by Gasteiger charge is -2.38. The first-order valence-corrected chi connectivity index (χ1v) is 8.00. The summed E-state index contributed by atoms with van der Waals surface area (Å²) in [7, 11) is 0. The molecule has 4 atom stereocenters. The topological polar surface area (TPSA) is 46.6 Å². The van der Waals surface area contributed by atoms with E-state index in [4.69, 9.17) is 4.74 Å². The summed E-state index contributed by atoms with van der Waals surface area (Å²) in [4.78, 5) is 27.2. The normalized spacial score (nSPS) is 32.5. The maximum Gasteiger partial charge on any atom is 0.238 e. The Hall–Kier alpha value is -2.10. The van der Waals surface area contributed by atoms with Gasteiger partial charge in [0, 0.05) is 0 Å². The highest BCUT2D eigenvalue weighted by Gasteiger charge is 2.57. The highest BCUT2D eigenvalue weighted by Crippen LogP contribution is 2.51. The van der Waals surface area contributed by atoms with Gasteiger partial charge in [-0.05, 0) is 43.7 Å². The molecule has 22 heavy (non-hydrogen) atoms. The van der Waals surface area contributed by atoms with Gasteiger partial charge in [-0.25, -0.2) is 4.90 Å². The molecule has 1 heterocycles. The zero-order valence-electron chi connectivity index (χ0n) is 12.6. The van der Waals surface area contributed by atoms with Gasteiger partial charge in [0.15, 0.2) is 0 Å². The van der Waals surface area contributed by atoms with Crippen molar-refractivity contribution in [3.63, 3.8) is 0 Å². The van der Waals surface area contributed by atoms with Crippen LogP contribution in [0.15, 0.2) is 36.4 Å². The summed E-state index contributed by atoms with van der Waals surface area (Å²) in [6.07, 6.45) is 6.31. The smallest absolute Gasteiger partial charge is 0.238 e. The Morgan fingerprint density at radius 2 is 1.64 bits per heavy atom. The van der Waals surface area contributed by atoms with Crippen molar-refractivity contribution in [2.24, 2.45) is 23.7 Å². The second-order valence-corrected chi connectivity index (χ2v) is 6.25. The van der Waals surface area contributed by atoms with Crippen LogP contribution in [-0.2, 0) is 9.59 Å². The molecule has 1 saturated heterocycles. The molecule has 1 aromatic rings. The van der Waals surface area contributed by atoms with Crippen molar-refractivity contribution in [3.05, 3.63) is 36.4 Å². The average Bonchev–Trinajstić information content (AvgIpc) is 2.83. The summed E-state index contributed by atoms with van der Waals surface area (Å²) < 4.78 is 5.61. The van der Waals surface area contributed by atoms with E-state index in [-0.39, 0.29) is 35.5 Å². The van der Waals surface area contributed by atoms with Gasteiger partial charge in [-0.1, -0.05) is 24.3 Å². The summed E-state index contributed by atoms with van der Waals surface area (Å²) in [5.41, 5.74) is 0.591. The van der Waals surface area contributed by atoms with Gasteiger partial charge < -0.3 is 4.74 Å². The number of allylic oxidation sites excluding steroid dienone is 2. The molecule has 0 N–H and O–H groups in total. The number of benzene rings is 1. The van der Waals surface area contributed by atoms with Gasteiger partial charge in [-0.15, -0.1) is 0 Å². The van der Waals surface area contributed by atoms with Crippen LogP contribution in [0.4, 0.5) is 5.69 Å². The molecule has 0 radical (unpaired) electrons. The highest BCUT2D eigenvalue weighted by atomic mass is 16.5. The highest BCUT2D eigenvalue weighted by molar-refractivity contribution is 6.23. The van der Waals surface area contributed by atoms with Gasteiger partial charge in [-0.2, -0.15) is 0 Å². The van der Waals surface area contributed by atoms with E-state index in [1.807, 2.05) is 25.1 Å². The molecule has 1 saturated carbocycles. The summed E-state index contributed by atoms with van der Waals surface area (Å²) in [5, 5.41) is 0. The summed E-state index contributed by atoms with van der Waals surface area (Å²) in [6, 6.07) is 7.31. The molecular formula is C18H19NO3. The summed E-state index contributed by atoms with van der Waals surface area (Å²) in [6.45, 7) is 2.40. The number of imide groups is 1. The van der Waals surface area contributed by atoms with Crippen LogP contribution in [0.25, 0.3) is 0 Å². The minimum absolute atomic E-state index is 0.0544. The Kier molecular flexibility index (Phi) is 3.06. The van der Waals surface area contributed by atoms with Crippen molar-refractivity contribution in [2.75, 3.05) is 11.5 Å². The Morgan fingerprint density at radius 3 is 2.18 bits per heavy atom. The van der Waals surface area contributed by atoms with E-state index in [0.717, 1.165) is 12.8 Å². The Balaban J connectivity index is 1.76. The molecule has 1 aromatic carbocycles. The lowest BCUT2D eigenvalue weighted by atomic mass is 9.63. The average molecular weight is 297 g/mol. The van der Waals surface area contributed by atoms with Crippen LogP contribution in [0, 0.1) is 23.7 Å². The minimum atomic E-state index is -0.175. The van der Waals surface area contributed by atoms with Crippen molar-refractivity contribution in [3.8, 4) is 5.75 Å². The molecule has 0 aromatic heterocycles. The first kappa shape index (κ1) is 13.6. The van der Waals surface area contributed by atoms with Crippen LogP contribution >= 0.6 is 0 Å². The Morgan fingerprint density at radius 1 is 1.05 bits per heavy atom. The lowest BCUT2D eigenvalue weighted by Crippen LogP contribution is -2.38. The number of amides is 2. The fraction of sp³-hybridized carbons (Fsp3) is 0.444. The summed E-state index contributed by atoms with van der Waals surface area (Å²) >= 11 is 0. The van der Waals surface area contributed by atoms with E-state index in [2.05, 4.69) is 12.2 Å². The maximum atomic E-state index is 12.9. The third-order valence-electron chi connectivity index (χ3n) is 5.17. The fourth-order valence-corrected chi connectivity index (χ4v) is 4.23. The molecule has 0 unspecified atom stereocenters. The lowest BCUT2D eigenvalue weighted by molar-refractivity contribution is -0.124. The van der Waals surface area contributed by atoms with Gasteiger partial charge >= 0.3 is 0 Å². The largest absolute Gasteiger partial charge is 0.492 e. The predicted molar refractivity (Wildman–Crippen MR) is 82.4 cm³/mol. The van der Waals surface area contributed by atoms with E-state index >= 15 is 0 Å². The quantitative estimate of drug-likeness (QED) is 0.636. The standard InChI is InChI=1S/C18H19NO3/c1-2-22-14-6-4-3-5-13(14)19-17(20)15-11-7-8-12(10-9-11)16(15)18(19)21/h3-8,11-12,15-16H,2,9-10H2,1H3/t11-,12+,15-,16+. The first-order chi connectivity index (χ1) is 10.7. The number of anilines is 1. The van der Waals surface area contributed by atoms with Crippen molar-refractivity contribution in [2.45, 2.75) is 19.8 Å². The van der Waals surface area contributed by atoms with Crippen LogP contribution in [0.3, 0.4) is 0 Å². The van der Waals surface area contributed by atoms with Crippen LogP contribution in [-0.4, -0.2) is 18.4 Å². The molecule has 4 nitrogen and oxygen atoms in total. The molecule has 4 heteroatoms. The zero-order chi connectivity index (χ0) is 15.3. The summed E-state index contributed by atoms with van der Waals surface area (Å²) in [5.74, 6) is 0.580. The van der Waals surface area contributed by atoms with Crippen molar-refractivity contribution in [1.29, 1.82) is 0 Å². The van der Waals surface area contributed by atoms with E-state index in [0.29, 0.717) is 18.0 Å². The molecule has 5 rings (SSSR count). The molecule has 4 aliphatic rings. The van der Waals surface area contributed by atoms with Gasteiger partial charge in [0.1, 0.15) is 5.75 Å². The second kappa shape index (κ2) is 4.97. The number of carbonyl (C=O) groups is 2. The molecule has 0 spiro atoms. The van der Waals surface area contributed by atoms with Crippen LogP contribution < -0.4 is 9.64 Å².